The Labute approximate surface area is 213 Å². The van der Waals surface area contributed by atoms with Gasteiger partial charge in [-0.1, -0.05) is 42.5 Å². The summed E-state index contributed by atoms with van der Waals surface area (Å²) in [6.07, 6.45) is 1.92. The predicted molar refractivity (Wildman–Crippen MR) is 121 cm³/mol. The summed E-state index contributed by atoms with van der Waals surface area (Å²) in [5.74, 6) is -0.824. The average Bonchev–Trinajstić information content (AvgIpc) is 3.15. The molecule has 0 saturated heterocycles. The summed E-state index contributed by atoms with van der Waals surface area (Å²) in [7, 11) is 0. The number of carboxylic acid groups (broad SMARTS) is 1. The molecule has 7 heteroatoms. The molecule has 0 atom stereocenters. The summed E-state index contributed by atoms with van der Waals surface area (Å²) in [5.41, 5.74) is 5.20. The number of fused-ring (bicyclic) bond motifs is 2. The summed E-state index contributed by atoms with van der Waals surface area (Å²) in [6, 6.07) is 20.6. The molecule has 5 rings (SSSR count). The van der Waals surface area contributed by atoms with Crippen LogP contribution >= 0.6 is 0 Å². The second kappa shape index (κ2) is 9.35. The fraction of sp³-hybridized carbons (Fsp3) is 0.115. The van der Waals surface area contributed by atoms with E-state index in [1.165, 1.54) is 6.07 Å². The van der Waals surface area contributed by atoms with E-state index >= 15 is 0 Å². The number of benzene rings is 2. The Kier molecular flexibility index (Phi) is 6.51. The van der Waals surface area contributed by atoms with Crippen LogP contribution in [0.5, 0.6) is 5.75 Å². The quantitative estimate of drug-likeness (QED) is 0.379. The van der Waals surface area contributed by atoms with Crippen LogP contribution in [0.15, 0.2) is 72.9 Å². The van der Waals surface area contributed by atoms with E-state index in [9.17, 15) is 9.90 Å². The maximum atomic E-state index is 12.2. The SMILES string of the molecule is Cc1ccc(OCc2ccccc2)c2c(C(=O)[O-])cc(-c3nc4ccccn4c3C)nc12.[Na+]. The molecule has 33 heavy (non-hydrogen) atoms. The summed E-state index contributed by atoms with van der Waals surface area (Å²) in [6.45, 7) is 4.15. The monoisotopic (exact) mass is 445 g/mol. The number of hydrogen-bond acceptors (Lipinski definition) is 5. The molecule has 0 N–H and O–H groups in total. The third-order valence-corrected chi connectivity index (χ3v) is 5.59. The first-order chi connectivity index (χ1) is 15.5. The Morgan fingerprint density at radius 1 is 1.00 bits per heavy atom. The van der Waals surface area contributed by atoms with Gasteiger partial charge in [0.15, 0.2) is 0 Å². The Morgan fingerprint density at radius 3 is 2.48 bits per heavy atom. The van der Waals surface area contributed by atoms with Crippen LogP contribution in [-0.2, 0) is 6.61 Å². The van der Waals surface area contributed by atoms with Crippen LogP contribution in [0.3, 0.4) is 0 Å². The number of ether oxygens (including phenoxy) is 1. The van der Waals surface area contributed by atoms with Gasteiger partial charge in [0.1, 0.15) is 23.7 Å². The normalized spacial score (nSPS) is 10.8. The molecule has 6 nitrogen and oxygen atoms in total. The van der Waals surface area contributed by atoms with Gasteiger partial charge < -0.3 is 19.0 Å². The van der Waals surface area contributed by atoms with Gasteiger partial charge in [-0.2, -0.15) is 0 Å². The van der Waals surface area contributed by atoms with E-state index in [1.807, 2.05) is 79.0 Å². The van der Waals surface area contributed by atoms with Gasteiger partial charge in [-0.15, -0.1) is 0 Å². The minimum atomic E-state index is -1.28. The number of imidazole rings is 1. The molecule has 0 saturated carbocycles. The van der Waals surface area contributed by atoms with Gasteiger partial charge in [0, 0.05) is 17.5 Å². The van der Waals surface area contributed by atoms with E-state index in [0.29, 0.717) is 34.6 Å². The Morgan fingerprint density at radius 2 is 1.76 bits per heavy atom. The zero-order chi connectivity index (χ0) is 22.2. The molecular weight excluding hydrogens is 425 g/mol. The third kappa shape index (κ3) is 4.25. The Balaban J connectivity index is 0.00000259. The molecule has 0 bridgehead atoms. The van der Waals surface area contributed by atoms with Gasteiger partial charge in [-0.25, -0.2) is 9.97 Å². The first-order valence-electron chi connectivity index (χ1n) is 10.3. The average molecular weight is 445 g/mol. The standard InChI is InChI=1S/C26H21N3O3.Na/c1-16-11-12-21(32-15-18-8-4-3-5-9-18)23-19(26(30)31)14-20(27-24(16)23)25-17(2)29-13-7-6-10-22(29)28-25;/h3-14H,15H2,1-2H3,(H,30,31);/q;+1/p-1. The molecule has 0 radical (unpaired) electrons. The maximum absolute atomic E-state index is 12.2. The number of hydrogen-bond donors (Lipinski definition) is 0. The molecule has 158 valence electrons. The molecule has 0 aliphatic rings. The molecule has 0 spiro atoms. The van der Waals surface area contributed by atoms with Crippen molar-refractivity contribution in [1.29, 1.82) is 0 Å². The van der Waals surface area contributed by atoms with Crippen LogP contribution in [0.2, 0.25) is 0 Å². The second-order valence-electron chi connectivity index (χ2n) is 7.70. The number of nitrogens with zero attached hydrogens (tertiary/aromatic N) is 3. The number of carbonyl (C=O) groups excluding carboxylic acids is 1. The number of rotatable bonds is 5. The minimum absolute atomic E-state index is 0. The number of aromatic carboxylic acids is 1. The summed E-state index contributed by atoms with van der Waals surface area (Å²) >= 11 is 0. The van der Waals surface area contributed by atoms with Crippen molar-refractivity contribution in [3.8, 4) is 17.1 Å². The van der Waals surface area contributed by atoms with Crippen molar-refractivity contribution in [2.75, 3.05) is 0 Å². The maximum Gasteiger partial charge on any atom is 1.00 e. The number of aryl methyl sites for hydroxylation is 2. The van der Waals surface area contributed by atoms with Crippen molar-refractivity contribution in [3.05, 3.63) is 95.3 Å². The number of carboxylic acids is 1. The third-order valence-electron chi connectivity index (χ3n) is 5.59. The summed E-state index contributed by atoms with van der Waals surface area (Å²) < 4.78 is 7.97. The first-order valence-corrected chi connectivity index (χ1v) is 10.3. The number of pyridine rings is 2. The van der Waals surface area contributed by atoms with Gasteiger partial charge in [0.25, 0.3) is 0 Å². The molecule has 3 heterocycles. The second-order valence-corrected chi connectivity index (χ2v) is 7.70. The fourth-order valence-electron chi connectivity index (χ4n) is 3.94. The Hall–Kier alpha value is -3.19. The predicted octanol–water partition coefficient (Wildman–Crippen LogP) is 1.11. The summed E-state index contributed by atoms with van der Waals surface area (Å²) in [5, 5.41) is 12.6. The molecule has 5 aromatic rings. The van der Waals surface area contributed by atoms with Crippen LogP contribution in [0.1, 0.15) is 27.2 Å². The van der Waals surface area contributed by atoms with Crippen molar-refractivity contribution in [2.45, 2.75) is 20.5 Å². The molecule has 0 aliphatic heterocycles. The van der Waals surface area contributed by atoms with Crippen molar-refractivity contribution >= 4 is 22.5 Å². The van der Waals surface area contributed by atoms with Crippen molar-refractivity contribution < 1.29 is 44.2 Å². The topological polar surface area (TPSA) is 79.5 Å². The molecule has 0 amide bonds. The first kappa shape index (κ1) is 23.0. The van der Waals surface area contributed by atoms with Crippen LogP contribution < -0.4 is 39.4 Å². The zero-order valence-corrected chi connectivity index (χ0v) is 20.7. The van der Waals surface area contributed by atoms with Gasteiger partial charge in [0.2, 0.25) is 0 Å². The van der Waals surface area contributed by atoms with Crippen molar-refractivity contribution in [2.24, 2.45) is 0 Å². The number of carbonyl (C=O) groups is 1. The van der Waals surface area contributed by atoms with E-state index < -0.39 is 5.97 Å². The smallest absolute Gasteiger partial charge is 0.545 e. The van der Waals surface area contributed by atoms with Crippen LogP contribution in [0.25, 0.3) is 27.9 Å². The Bertz CT molecular complexity index is 1480. The van der Waals surface area contributed by atoms with Crippen LogP contribution in [0, 0.1) is 13.8 Å². The number of aromatic nitrogens is 3. The van der Waals surface area contributed by atoms with Crippen molar-refractivity contribution in [3.63, 3.8) is 0 Å². The minimum Gasteiger partial charge on any atom is -0.545 e. The molecular formula is C26H20N3NaO3. The van der Waals surface area contributed by atoms with E-state index in [2.05, 4.69) is 4.98 Å². The van der Waals surface area contributed by atoms with Crippen LogP contribution in [-0.4, -0.2) is 20.3 Å². The van der Waals surface area contributed by atoms with Crippen LogP contribution in [0.4, 0.5) is 0 Å². The van der Waals surface area contributed by atoms with E-state index in [-0.39, 0.29) is 35.1 Å². The van der Waals surface area contributed by atoms with E-state index in [1.54, 1.807) is 6.07 Å². The molecule has 3 aromatic heterocycles. The molecule has 0 unspecified atom stereocenters. The molecule has 2 aromatic carbocycles. The van der Waals surface area contributed by atoms with Gasteiger partial charge in [-0.05, 0) is 49.2 Å². The summed E-state index contributed by atoms with van der Waals surface area (Å²) in [4.78, 5) is 21.7. The fourth-order valence-corrected chi connectivity index (χ4v) is 3.94. The van der Waals surface area contributed by atoms with Gasteiger partial charge in [0.05, 0.1) is 22.6 Å². The molecule has 0 fully saturated rings. The zero-order valence-electron chi connectivity index (χ0n) is 18.7. The largest absolute Gasteiger partial charge is 1.00 e. The van der Waals surface area contributed by atoms with Crippen molar-refractivity contribution in [1.82, 2.24) is 14.4 Å². The van der Waals surface area contributed by atoms with Gasteiger partial charge >= 0.3 is 29.6 Å². The van der Waals surface area contributed by atoms with E-state index in [0.717, 1.165) is 22.5 Å². The van der Waals surface area contributed by atoms with E-state index in [4.69, 9.17) is 9.72 Å². The van der Waals surface area contributed by atoms with Gasteiger partial charge in [-0.3, -0.25) is 0 Å². The molecule has 0 aliphatic carbocycles.